The lowest BCUT2D eigenvalue weighted by atomic mass is 9.89. The van der Waals surface area contributed by atoms with Crippen LogP contribution in [0.1, 0.15) is 57.8 Å². The smallest absolute Gasteiger partial charge is 0.243 e. The Morgan fingerprint density at radius 3 is 2.52 bits per heavy atom. The van der Waals surface area contributed by atoms with Crippen molar-refractivity contribution in [3.8, 4) is 17.1 Å². The maximum absolute atomic E-state index is 12.9. The fraction of sp³-hybridized carbons (Fsp3) is 0.579. The van der Waals surface area contributed by atoms with Crippen molar-refractivity contribution >= 4 is 10.0 Å². The average molecular weight is 394 g/mol. The summed E-state index contributed by atoms with van der Waals surface area (Å²) in [6.45, 7) is 4.46. The summed E-state index contributed by atoms with van der Waals surface area (Å²) in [5.41, 5.74) is 0.525. The Morgan fingerprint density at radius 1 is 1.19 bits per heavy atom. The van der Waals surface area contributed by atoms with E-state index in [1.165, 1.54) is 23.6 Å². The topological polar surface area (TPSA) is 85.5 Å². The number of aromatic nitrogens is 2. The third-order valence-corrected chi connectivity index (χ3v) is 7.20. The number of rotatable bonds is 7. The second-order valence-electron chi connectivity index (χ2n) is 6.74. The molecule has 0 N–H and O–H groups in total. The van der Waals surface area contributed by atoms with Gasteiger partial charge in [-0.2, -0.15) is 9.29 Å². The molecule has 0 aliphatic heterocycles. The van der Waals surface area contributed by atoms with Crippen molar-refractivity contribution in [3.05, 3.63) is 24.1 Å². The molecule has 8 heteroatoms. The van der Waals surface area contributed by atoms with Crippen LogP contribution in [0.5, 0.6) is 5.75 Å². The van der Waals surface area contributed by atoms with Crippen LogP contribution in [0.25, 0.3) is 11.4 Å². The van der Waals surface area contributed by atoms with Gasteiger partial charge >= 0.3 is 0 Å². The molecule has 27 heavy (non-hydrogen) atoms. The van der Waals surface area contributed by atoms with Gasteiger partial charge in [-0.1, -0.05) is 38.3 Å². The van der Waals surface area contributed by atoms with E-state index in [9.17, 15) is 8.42 Å². The highest BCUT2D eigenvalue weighted by Gasteiger charge is 2.26. The number of ether oxygens (including phenoxy) is 1. The van der Waals surface area contributed by atoms with E-state index < -0.39 is 10.0 Å². The van der Waals surface area contributed by atoms with Crippen LogP contribution < -0.4 is 4.74 Å². The van der Waals surface area contributed by atoms with Crippen LogP contribution in [0, 0.1) is 0 Å². The van der Waals surface area contributed by atoms with E-state index in [2.05, 4.69) is 10.1 Å². The van der Waals surface area contributed by atoms with Crippen LogP contribution in [-0.2, 0) is 10.0 Å². The molecule has 0 amide bonds. The Balaban J connectivity index is 1.98. The first-order valence-corrected chi connectivity index (χ1v) is 11.0. The Bertz CT molecular complexity index is 869. The van der Waals surface area contributed by atoms with Gasteiger partial charge in [0.15, 0.2) is 0 Å². The fourth-order valence-electron chi connectivity index (χ4n) is 3.59. The van der Waals surface area contributed by atoms with E-state index in [1.54, 1.807) is 25.3 Å². The van der Waals surface area contributed by atoms with E-state index in [0.717, 1.165) is 12.8 Å². The van der Waals surface area contributed by atoms with Crippen molar-refractivity contribution < 1.29 is 17.7 Å². The highest BCUT2D eigenvalue weighted by molar-refractivity contribution is 7.89. The van der Waals surface area contributed by atoms with Gasteiger partial charge in [-0.3, -0.25) is 0 Å². The van der Waals surface area contributed by atoms with Gasteiger partial charge in [0.05, 0.1) is 17.6 Å². The molecule has 148 valence electrons. The van der Waals surface area contributed by atoms with Crippen molar-refractivity contribution in [2.45, 2.75) is 56.8 Å². The summed E-state index contributed by atoms with van der Waals surface area (Å²) >= 11 is 0. The maximum atomic E-state index is 12.9. The van der Waals surface area contributed by atoms with E-state index in [0.29, 0.717) is 36.1 Å². The van der Waals surface area contributed by atoms with Crippen LogP contribution in [-0.4, -0.2) is 43.1 Å². The predicted octanol–water partition coefficient (Wildman–Crippen LogP) is 3.82. The summed E-state index contributed by atoms with van der Waals surface area (Å²) in [7, 11) is -2.04. The first-order chi connectivity index (χ1) is 13.0. The fourth-order valence-corrected chi connectivity index (χ4v) is 5.08. The Morgan fingerprint density at radius 2 is 1.89 bits per heavy atom. The molecule has 0 atom stereocenters. The van der Waals surface area contributed by atoms with Crippen molar-refractivity contribution in [1.29, 1.82) is 0 Å². The summed E-state index contributed by atoms with van der Waals surface area (Å²) in [6.07, 6.45) is 5.69. The second kappa shape index (κ2) is 8.39. The molecule has 2 aromatic rings. The molecule has 0 saturated heterocycles. The minimum atomic E-state index is -3.58. The summed E-state index contributed by atoms with van der Waals surface area (Å²) in [6, 6.07) is 4.77. The number of nitrogens with zero attached hydrogens (tertiary/aromatic N) is 3. The van der Waals surface area contributed by atoms with E-state index in [-0.39, 0.29) is 10.8 Å². The molecule has 3 rings (SSSR count). The molecule has 0 radical (unpaired) electrons. The van der Waals surface area contributed by atoms with Crippen LogP contribution >= 0.6 is 0 Å². The SMILES string of the molecule is CCN(CC)S(=O)(=O)c1ccc(OC)c(-c2noc(C3CCCCC3)n2)c1. The Kier molecular flexibility index (Phi) is 6.16. The van der Waals surface area contributed by atoms with Crippen LogP contribution in [0.3, 0.4) is 0 Å². The number of benzene rings is 1. The predicted molar refractivity (Wildman–Crippen MR) is 102 cm³/mol. The van der Waals surface area contributed by atoms with Gasteiger partial charge in [-0.05, 0) is 31.0 Å². The Hall–Kier alpha value is -1.93. The highest BCUT2D eigenvalue weighted by Crippen LogP contribution is 2.35. The third kappa shape index (κ3) is 4.01. The zero-order valence-electron chi connectivity index (χ0n) is 16.1. The van der Waals surface area contributed by atoms with E-state index in [4.69, 9.17) is 9.26 Å². The largest absolute Gasteiger partial charge is 0.496 e. The summed E-state index contributed by atoms with van der Waals surface area (Å²) in [5, 5.41) is 4.10. The minimum Gasteiger partial charge on any atom is -0.496 e. The molecule has 1 aliphatic rings. The molecule has 1 aliphatic carbocycles. The minimum absolute atomic E-state index is 0.200. The monoisotopic (exact) mass is 393 g/mol. The quantitative estimate of drug-likeness (QED) is 0.711. The van der Waals surface area contributed by atoms with Gasteiger partial charge in [0.1, 0.15) is 5.75 Å². The molecule has 1 aromatic carbocycles. The number of hydrogen-bond acceptors (Lipinski definition) is 6. The summed E-state index contributed by atoms with van der Waals surface area (Å²) in [4.78, 5) is 4.75. The molecular weight excluding hydrogens is 366 g/mol. The highest BCUT2D eigenvalue weighted by atomic mass is 32.2. The first-order valence-electron chi connectivity index (χ1n) is 9.53. The maximum Gasteiger partial charge on any atom is 0.243 e. The molecule has 1 fully saturated rings. The molecular formula is C19H27N3O4S. The van der Waals surface area contributed by atoms with Crippen molar-refractivity contribution in [3.63, 3.8) is 0 Å². The number of sulfonamides is 1. The van der Waals surface area contributed by atoms with Gasteiger partial charge in [0.25, 0.3) is 0 Å². The molecule has 7 nitrogen and oxygen atoms in total. The average Bonchev–Trinajstić information content (AvgIpc) is 3.19. The van der Waals surface area contributed by atoms with Gasteiger partial charge in [-0.25, -0.2) is 8.42 Å². The van der Waals surface area contributed by atoms with Crippen LogP contribution in [0.4, 0.5) is 0 Å². The van der Waals surface area contributed by atoms with Gasteiger partial charge in [0, 0.05) is 19.0 Å². The lowest BCUT2D eigenvalue weighted by molar-refractivity contribution is 0.314. The Labute approximate surface area is 160 Å². The van der Waals surface area contributed by atoms with Gasteiger partial charge < -0.3 is 9.26 Å². The zero-order chi connectivity index (χ0) is 19.4. The standard InChI is InChI=1S/C19H27N3O4S/c1-4-22(5-2)27(23,24)15-11-12-17(25-3)16(13-15)18-20-19(26-21-18)14-9-7-6-8-10-14/h11-14H,4-10H2,1-3H3. The van der Waals surface area contributed by atoms with Gasteiger partial charge in [0.2, 0.25) is 21.7 Å². The van der Waals surface area contributed by atoms with Crippen molar-refractivity contribution in [2.75, 3.05) is 20.2 Å². The van der Waals surface area contributed by atoms with Crippen molar-refractivity contribution in [2.24, 2.45) is 0 Å². The third-order valence-electron chi connectivity index (χ3n) is 5.15. The van der Waals surface area contributed by atoms with Gasteiger partial charge in [-0.15, -0.1) is 0 Å². The number of methoxy groups -OCH3 is 1. The lowest BCUT2D eigenvalue weighted by Gasteiger charge is -2.19. The molecule has 0 unspecified atom stereocenters. The molecule has 0 bridgehead atoms. The van der Waals surface area contributed by atoms with Crippen molar-refractivity contribution in [1.82, 2.24) is 14.4 Å². The lowest BCUT2D eigenvalue weighted by Crippen LogP contribution is -2.30. The molecule has 0 spiro atoms. The van der Waals surface area contributed by atoms with Crippen LogP contribution in [0.2, 0.25) is 0 Å². The second-order valence-corrected chi connectivity index (χ2v) is 8.68. The van der Waals surface area contributed by atoms with E-state index in [1.807, 2.05) is 13.8 Å². The summed E-state index contributed by atoms with van der Waals surface area (Å²) < 4.78 is 38.0. The molecule has 1 saturated carbocycles. The van der Waals surface area contributed by atoms with Crippen LogP contribution in [0.15, 0.2) is 27.6 Å². The zero-order valence-corrected chi connectivity index (χ0v) is 17.0. The molecule has 1 aromatic heterocycles. The number of hydrogen-bond donors (Lipinski definition) is 0. The molecule has 1 heterocycles. The first kappa shape index (κ1) is 19.8. The normalized spacial score (nSPS) is 16.0. The van der Waals surface area contributed by atoms with E-state index >= 15 is 0 Å². The summed E-state index contributed by atoms with van der Waals surface area (Å²) in [5.74, 6) is 1.80.